The SMILES string of the molecule is CCCCCCCCCCCCCCCCCCCC(=O)N(CCCNC(=O)O[C@H]1CC[C@@]2(C)C(=CC[C@H]3[C@@H]4CC[C@H]([C@H](C)CCCC(C)C)[C@@]4(C)CC[C@@H]32)C1)CC(=O)NCCCN. The van der Waals surface area contributed by atoms with Gasteiger partial charge in [0.15, 0.2) is 0 Å². The van der Waals surface area contributed by atoms with E-state index in [0.717, 1.165) is 74.0 Å². The number of carbonyl (C=O) groups excluding carboxylic acids is 3. The second-order valence-electron chi connectivity index (χ2n) is 22.6. The zero-order valence-electron chi connectivity index (χ0n) is 42.7. The third-order valence-corrected chi connectivity index (χ3v) is 17.3. The lowest BCUT2D eigenvalue weighted by Gasteiger charge is -2.58. The van der Waals surface area contributed by atoms with Crippen molar-refractivity contribution in [2.45, 2.75) is 247 Å². The van der Waals surface area contributed by atoms with Gasteiger partial charge in [0.2, 0.25) is 11.8 Å². The number of hydrogen-bond donors (Lipinski definition) is 3. The van der Waals surface area contributed by atoms with Crippen molar-refractivity contribution in [3.05, 3.63) is 11.6 Å². The number of nitrogens with one attached hydrogen (secondary N) is 2. The molecule has 0 bridgehead atoms. The molecule has 4 rings (SSSR count). The molecule has 8 atom stereocenters. The molecule has 0 aromatic rings. The number of nitrogens with two attached hydrogens (primary N) is 1. The van der Waals surface area contributed by atoms with E-state index in [2.05, 4.69) is 58.3 Å². The van der Waals surface area contributed by atoms with Gasteiger partial charge in [-0.3, -0.25) is 9.59 Å². The predicted molar refractivity (Wildman–Crippen MR) is 268 cm³/mol. The van der Waals surface area contributed by atoms with Crippen LogP contribution >= 0.6 is 0 Å². The molecule has 0 unspecified atom stereocenters. The fraction of sp³-hybridized carbons (Fsp3) is 0.911. The Kier molecular flexibility index (Phi) is 25.2. The second kappa shape index (κ2) is 29.6. The highest BCUT2D eigenvalue weighted by Crippen LogP contribution is 2.67. The van der Waals surface area contributed by atoms with Crippen LogP contribution in [0.5, 0.6) is 0 Å². The highest BCUT2D eigenvalue weighted by Gasteiger charge is 2.59. The number of allylic oxidation sites excluding steroid dienone is 1. The van der Waals surface area contributed by atoms with Crippen LogP contribution in [0.2, 0.25) is 0 Å². The number of ether oxygens (including phenoxy) is 1. The summed E-state index contributed by atoms with van der Waals surface area (Å²) in [4.78, 5) is 40.9. The molecule has 0 heterocycles. The van der Waals surface area contributed by atoms with Crippen LogP contribution in [-0.2, 0) is 14.3 Å². The summed E-state index contributed by atoms with van der Waals surface area (Å²) in [5.41, 5.74) is 7.88. The fourth-order valence-electron chi connectivity index (χ4n) is 13.4. The standard InChI is InChI=1S/C56H102N4O4/c1-7-8-9-10-11-12-13-14-15-16-17-18-19-20-21-22-23-29-53(62)60(43-52(61)58-39-25-38-57)41-26-40-59-54(63)64-47-34-36-55(5)46(42-47)30-31-48-50-33-32-49(45(4)28-24-27-44(2)3)56(50,6)37-35-51(48)55/h30,44-45,47-51H,7-29,31-43,57H2,1-6H3,(H,58,61)(H,59,63)/t45-,47+,48+,49-,50+,51+,55+,56-/m1/s1. The number of rotatable bonds is 33. The molecule has 8 heteroatoms. The molecule has 8 nitrogen and oxygen atoms in total. The van der Waals surface area contributed by atoms with Gasteiger partial charge in [0.1, 0.15) is 6.10 Å². The number of nitrogens with zero attached hydrogens (tertiary/aromatic N) is 1. The number of alkyl carbamates (subject to hydrolysis) is 1. The number of fused-ring (bicyclic) bond motifs is 5. The van der Waals surface area contributed by atoms with Gasteiger partial charge >= 0.3 is 6.09 Å². The van der Waals surface area contributed by atoms with Crippen molar-refractivity contribution in [2.24, 2.45) is 52.1 Å². The van der Waals surface area contributed by atoms with Crippen molar-refractivity contribution in [2.75, 3.05) is 32.7 Å². The van der Waals surface area contributed by atoms with Crippen LogP contribution in [-0.4, -0.2) is 61.6 Å². The van der Waals surface area contributed by atoms with E-state index in [1.807, 2.05) is 0 Å². The lowest BCUT2D eigenvalue weighted by molar-refractivity contribution is -0.136. The van der Waals surface area contributed by atoms with Gasteiger partial charge < -0.3 is 26.0 Å². The Morgan fingerprint density at radius 2 is 1.36 bits per heavy atom. The molecule has 370 valence electrons. The third-order valence-electron chi connectivity index (χ3n) is 17.3. The lowest BCUT2D eigenvalue weighted by Crippen LogP contribution is -2.51. The maximum absolute atomic E-state index is 13.4. The Labute approximate surface area is 394 Å². The zero-order valence-corrected chi connectivity index (χ0v) is 42.7. The number of hydrogen-bond acceptors (Lipinski definition) is 5. The molecule has 3 saturated carbocycles. The maximum atomic E-state index is 13.4. The van der Waals surface area contributed by atoms with Gasteiger partial charge in [-0.2, -0.15) is 0 Å². The Morgan fingerprint density at radius 1 is 0.734 bits per heavy atom. The van der Waals surface area contributed by atoms with Crippen LogP contribution in [0.15, 0.2) is 11.6 Å². The molecule has 0 radical (unpaired) electrons. The first-order valence-corrected chi connectivity index (χ1v) is 27.8. The van der Waals surface area contributed by atoms with Gasteiger partial charge in [-0.15, -0.1) is 0 Å². The van der Waals surface area contributed by atoms with Crippen LogP contribution < -0.4 is 16.4 Å². The molecule has 3 fully saturated rings. The van der Waals surface area contributed by atoms with E-state index in [1.54, 1.807) is 4.90 Å². The summed E-state index contributed by atoms with van der Waals surface area (Å²) in [7, 11) is 0. The van der Waals surface area contributed by atoms with E-state index in [-0.39, 0.29) is 36.0 Å². The van der Waals surface area contributed by atoms with E-state index in [1.165, 1.54) is 147 Å². The molecule has 0 saturated heterocycles. The number of unbranched alkanes of at least 4 members (excludes halogenated alkanes) is 16. The van der Waals surface area contributed by atoms with Crippen LogP contribution in [0.1, 0.15) is 241 Å². The highest BCUT2D eigenvalue weighted by molar-refractivity contribution is 5.84. The Morgan fingerprint density at radius 3 is 1.98 bits per heavy atom. The van der Waals surface area contributed by atoms with Gasteiger partial charge in [-0.1, -0.05) is 175 Å². The van der Waals surface area contributed by atoms with Gasteiger partial charge in [0.25, 0.3) is 0 Å². The zero-order chi connectivity index (χ0) is 46.2. The summed E-state index contributed by atoms with van der Waals surface area (Å²) in [6.07, 6.45) is 39.8. The lowest BCUT2D eigenvalue weighted by atomic mass is 9.47. The van der Waals surface area contributed by atoms with Crippen LogP contribution in [0.4, 0.5) is 4.79 Å². The van der Waals surface area contributed by atoms with Crippen molar-refractivity contribution in [1.29, 1.82) is 0 Å². The normalized spacial score (nSPS) is 26.7. The molecular weight excluding hydrogens is 793 g/mol. The van der Waals surface area contributed by atoms with E-state index in [4.69, 9.17) is 10.5 Å². The van der Waals surface area contributed by atoms with Crippen LogP contribution in [0, 0.1) is 46.3 Å². The minimum absolute atomic E-state index is 0.0211. The van der Waals surface area contributed by atoms with Crippen molar-refractivity contribution in [1.82, 2.24) is 15.5 Å². The van der Waals surface area contributed by atoms with E-state index in [0.29, 0.717) is 50.9 Å². The largest absolute Gasteiger partial charge is 0.446 e. The number of carbonyl (C=O) groups is 3. The van der Waals surface area contributed by atoms with Gasteiger partial charge in [-0.25, -0.2) is 4.79 Å². The van der Waals surface area contributed by atoms with Gasteiger partial charge in [0.05, 0.1) is 6.54 Å². The topological polar surface area (TPSA) is 114 Å². The molecule has 0 aromatic carbocycles. The quantitative estimate of drug-likeness (QED) is 0.0448. The van der Waals surface area contributed by atoms with Gasteiger partial charge in [-0.05, 0) is 117 Å². The highest BCUT2D eigenvalue weighted by atomic mass is 16.6. The molecule has 0 spiro atoms. The van der Waals surface area contributed by atoms with Crippen molar-refractivity contribution in [3.63, 3.8) is 0 Å². The molecule has 64 heavy (non-hydrogen) atoms. The van der Waals surface area contributed by atoms with E-state index in [9.17, 15) is 14.4 Å². The molecule has 4 aliphatic carbocycles. The minimum Gasteiger partial charge on any atom is -0.446 e. The Balaban J connectivity index is 1.12. The molecule has 0 aliphatic heterocycles. The third kappa shape index (κ3) is 17.5. The first-order valence-electron chi connectivity index (χ1n) is 27.8. The average Bonchev–Trinajstić information content (AvgIpc) is 3.63. The first-order chi connectivity index (χ1) is 30.9. The Hall–Kier alpha value is -2.09. The van der Waals surface area contributed by atoms with Crippen molar-refractivity contribution >= 4 is 17.9 Å². The van der Waals surface area contributed by atoms with Gasteiger partial charge in [0, 0.05) is 32.5 Å². The van der Waals surface area contributed by atoms with E-state index < -0.39 is 0 Å². The minimum atomic E-state index is -0.364. The number of amides is 3. The fourth-order valence-corrected chi connectivity index (χ4v) is 13.4. The summed E-state index contributed by atoms with van der Waals surface area (Å²) in [5.74, 6) is 4.77. The monoisotopic (exact) mass is 895 g/mol. The predicted octanol–water partition coefficient (Wildman–Crippen LogP) is 13.8. The first kappa shape index (κ1) is 54.5. The van der Waals surface area contributed by atoms with Crippen molar-refractivity contribution in [3.8, 4) is 0 Å². The van der Waals surface area contributed by atoms with Crippen LogP contribution in [0.25, 0.3) is 0 Å². The van der Waals surface area contributed by atoms with Crippen LogP contribution in [0.3, 0.4) is 0 Å². The molecular formula is C56H102N4O4. The van der Waals surface area contributed by atoms with E-state index >= 15 is 0 Å². The molecule has 0 aromatic heterocycles. The molecule has 3 amide bonds. The maximum Gasteiger partial charge on any atom is 0.407 e. The summed E-state index contributed by atoms with van der Waals surface area (Å²) in [5, 5.41) is 5.88. The smallest absolute Gasteiger partial charge is 0.407 e. The van der Waals surface area contributed by atoms with Crippen molar-refractivity contribution < 1.29 is 19.1 Å². The molecule has 4 N–H and O–H groups in total. The summed E-state index contributed by atoms with van der Waals surface area (Å²) in [6, 6.07) is 0. The summed E-state index contributed by atoms with van der Waals surface area (Å²) >= 11 is 0. The Bertz CT molecular complexity index is 1370. The molecule has 4 aliphatic rings. The summed E-state index contributed by atoms with van der Waals surface area (Å²) < 4.78 is 6.07. The second-order valence-corrected chi connectivity index (χ2v) is 22.6. The average molecular weight is 895 g/mol. The summed E-state index contributed by atoms with van der Waals surface area (Å²) in [6.45, 7) is 16.7.